The van der Waals surface area contributed by atoms with Crippen LogP contribution in [0.1, 0.15) is 5.69 Å². The molecule has 0 saturated carbocycles. The number of hydrogen-bond acceptors (Lipinski definition) is 5. The fraction of sp³-hybridized carbons (Fsp3) is 0.158. The second-order valence-corrected chi connectivity index (χ2v) is 5.81. The van der Waals surface area contributed by atoms with Crippen LogP contribution >= 0.6 is 0 Å². The smallest absolute Gasteiger partial charge is 0.226 e. The van der Waals surface area contributed by atoms with Crippen LogP contribution in [0, 0.1) is 5.82 Å². The maximum atomic E-state index is 13.4. The van der Waals surface area contributed by atoms with Crippen molar-refractivity contribution in [1.82, 2.24) is 14.5 Å². The van der Waals surface area contributed by atoms with Gasteiger partial charge in [-0.05, 0) is 30.3 Å². The topological polar surface area (TPSA) is 76.1 Å². The largest absolute Gasteiger partial charge is 0.444 e. The summed E-state index contributed by atoms with van der Waals surface area (Å²) in [6.45, 7) is 0.848. The molecule has 0 aliphatic carbocycles. The van der Waals surface area contributed by atoms with Gasteiger partial charge in [-0.15, -0.1) is 0 Å². The molecule has 0 saturated heterocycles. The number of oxazole rings is 1. The number of benzene rings is 2. The van der Waals surface area contributed by atoms with Crippen LogP contribution in [0.5, 0.6) is 0 Å². The number of halogens is 1. The SMILES string of the molecule is OCCNc1nc2ccccc2n1Cc1coc(-c2cccc(F)c2)n1. The van der Waals surface area contributed by atoms with E-state index in [0.717, 1.165) is 11.0 Å². The summed E-state index contributed by atoms with van der Waals surface area (Å²) in [6, 6.07) is 13.9. The Kier molecular flexibility index (Phi) is 4.37. The second-order valence-electron chi connectivity index (χ2n) is 5.81. The Morgan fingerprint density at radius 3 is 2.85 bits per heavy atom. The van der Waals surface area contributed by atoms with Gasteiger partial charge in [0.1, 0.15) is 12.1 Å². The maximum absolute atomic E-state index is 13.4. The van der Waals surface area contributed by atoms with Crippen molar-refractivity contribution < 1.29 is 13.9 Å². The van der Waals surface area contributed by atoms with E-state index < -0.39 is 0 Å². The second kappa shape index (κ2) is 6.97. The predicted octanol–water partition coefficient (Wildman–Crippen LogP) is 3.28. The summed E-state index contributed by atoms with van der Waals surface area (Å²) in [5.74, 6) is 0.683. The van der Waals surface area contributed by atoms with E-state index in [-0.39, 0.29) is 12.4 Å². The summed E-state index contributed by atoms with van der Waals surface area (Å²) in [5, 5.41) is 12.2. The number of hydrogen-bond donors (Lipinski definition) is 2. The molecule has 0 aliphatic rings. The number of aliphatic hydroxyl groups excluding tert-OH is 1. The summed E-state index contributed by atoms with van der Waals surface area (Å²) in [6.07, 6.45) is 1.56. The molecule has 6 nitrogen and oxygen atoms in total. The first-order valence-corrected chi connectivity index (χ1v) is 8.25. The van der Waals surface area contributed by atoms with Gasteiger partial charge >= 0.3 is 0 Å². The molecule has 0 aliphatic heterocycles. The molecule has 0 amide bonds. The average molecular weight is 352 g/mol. The minimum absolute atomic E-state index is 0.0108. The Balaban J connectivity index is 1.67. The molecule has 0 spiro atoms. The number of para-hydroxylation sites is 2. The minimum atomic E-state index is -0.335. The fourth-order valence-corrected chi connectivity index (χ4v) is 2.83. The fourth-order valence-electron chi connectivity index (χ4n) is 2.83. The molecule has 4 aromatic rings. The molecule has 2 aromatic carbocycles. The van der Waals surface area contributed by atoms with Gasteiger partial charge in [-0.1, -0.05) is 18.2 Å². The van der Waals surface area contributed by atoms with Gasteiger partial charge in [-0.2, -0.15) is 0 Å². The number of anilines is 1. The van der Waals surface area contributed by atoms with Gasteiger partial charge < -0.3 is 19.4 Å². The lowest BCUT2D eigenvalue weighted by Crippen LogP contribution is -2.12. The molecule has 0 bridgehead atoms. The van der Waals surface area contributed by atoms with Crippen LogP contribution in [-0.4, -0.2) is 32.8 Å². The summed E-state index contributed by atoms with van der Waals surface area (Å²) in [5.41, 5.74) is 3.08. The molecule has 4 rings (SSSR count). The zero-order chi connectivity index (χ0) is 17.9. The lowest BCUT2D eigenvalue weighted by molar-refractivity contribution is 0.310. The van der Waals surface area contributed by atoms with Crippen LogP contribution in [0.3, 0.4) is 0 Å². The third-order valence-corrected chi connectivity index (χ3v) is 3.99. The minimum Gasteiger partial charge on any atom is -0.444 e. The molecular formula is C19H17FN4O2. The summed E-state index contributed by atoms with van der Waals surface area (Å²) in [7, 11) is 0. The van der Waals surface area contributed by atoms with Crippen LogP contribution in [0.2, 0.25) is 0 Å². The number of rotatable bonds is 6. The van der Waals surface area contributed by atoms with Crippen molar-refractivity contribution in [2.24, 2.45) is 0 Å². The van der Waals surface area contributed by atoms with Crippen LogP contribution in [0.25, 0.3) is 22.5 Å². The van der Waals surface area contributed by atoms with Gasteiger partial charge in [0.2, 0.25) is 11.8 Å². The number of aliphatic hydroxyl groups is 1. The number of nitrogens with zero attached hydrogens (tertiary/aromatic N) is 3. The van der Waals surface area contributed by atoms with E-state index in [1.54, 1.807) is 18.4 Å². The van der Waals surface area contributed by atoms with E-state index in [0.29, 0.717) is 36.2 Å². The quantitative estimate of drug-likeness (QED) is 0.557. The standard InChI is InChI=1S/C19H17FN4O2/c20-14-5-3-4-13(10-14)18-22-15(12-26-18)11-24-17-7-2-1-6-16(17)23-19(24)21-8-9-25/h1-7,10,12,25H,8-9,11H2,(H,21,23). The third-order valence-electron chi connectivity index (χ3n) is 3.99. The van der Waals surface area contributed by atoms with Crippen LogP contribution in [0.15, 0.2) is 59.2 Å². The highest BCUT2D eigenvalue weighted by Gasteiger charge is 2.13. The zero-order valence-electron chi connectivity index (χ0n) is 13.9. The van der Waals surface area contributed by atoms with Gasteiger partial charge in [-0.25, -0.2) is 14.4 Å². The molecule has 2 N–H and O–H groups in total. The molecule has 2 heterocycles. The van der Waals surface area contributed by atoms with E-state index in [9.17, 15) is 4.39 Å². The first-order chi connectivity index (χ1) is 12.7. The number of aromatic nitrogens is 3. The maximum Gasteiger partial charge on any atom is 0.226 e. The lowest BCUT2D eigenvalue weighted by Gasteiger charge is -2.08. The van der Waals surface area contributed by atoms with Crippen molar-refractivity contribution in [3.63, 3.8) is 0 Å². The molecule has 7 heteroatoms. The Morgan fingerprint density at radius 2 is 2.00 bits per heavy atom. The molecule has 0 fully saturated rings. The van der Waals surface area contributed by atoms with Crippen molar-refractivity contribution in [3.8, 4) is 11.5 Å². The van der Waals surface area contributed by atoms with Crippen LogP contribution in [0.4, 0.5) is 10.3 Å². The molecule has 0 radical (unpaired) electrons. The van der Waals surface area contributed by atoms with Gasteiger partial charge in [-0.3, -0.25) is 0 Å². The predicted molar refractivity (Wildman–Crippen MR) is 96.3 cm³/mol. The third kappa shape index (κ3) is 3.16. The molecule has 0 atom stereocenters. The summed E-state index contributed by atoms with van der Waals surface area (Å²) in [4.78, 5) is 9.02. The number of fused-ring (bicyclic) bond motifs is 1. The number of nitrogens with one attached hydrogen (secondary N) is 1. The van der Waals surface area contributed by atoms with Crippen molar-refractivity contribution in [3.05, 3.63) is 66.3 Å². The van der Waals surface area contributed by atoms with Gasteiger partial charge in [0.25, 0.3) is 0 Å². The summed E-state index contributed by atoms with van der Waals surface area (Å²) < 4.78 is 20.9. The Labute approximate surface area is 148 Å². The van der Waals surface area contributed by atoms with Crippen molar-refractivity contribution in [2.45, 2.75) is 6.54 Å². The van der Waals surface area contributed by atoms with Crippen molar-refractivity contribution >= 4 is 17.0 Å². The van der Waals surface area contributed by atoms with Crippen LogP contribution in [-0.2, 0) is 6.54 Å². The van der Waals surface area contributed by atoms with Crippen molar-refractivity contribution in [2.75, 3.05) is 18.5 Å². The van der Waals surface area contributed by atoms with Gasteiger partial charge in [0.15, 0.2) is 0 Å². The highest BCUT2D eigenvalue weighted by Crippen LogP contribution is 2.23. The van der Waals surface area contributed by atoms with E-state index >= 15 is 0 Å². The highest BCUT2D eigenvalue weighted by molar-refractivity contribution is 5.78. The van der Waals surface area contributed by atoms with E-state index in [1.165, 1.54) is 12.1 Å². The van der Waals surface area contributed by atoms with Gasteiger partial charge in [0.05, 0.1) is 29.9 Å². The summed E-state index contributed by atoms with van der Waals surface area (Å²) >= 11 is 0. The number of imidazole rings is 1. The zero-order valence-corrected chi connectivity index (χ0v) is 13.9. The molecule has 26 heavy (non-hydrogen) atoms. The van der Waals surface area contributed by atoms with E-state index in [1.807, 2.05) is 28.8 Å². The molecule has 132 valence electrons. The lowest BCUT2D eigenvalue weighted by atomic mass is 10.2. The molecular weight excluding hydrogens is 335 g/mol. The first-order valence-electron chi connectivity index (χ1n) is 8.25. The normalized spacial score (nSPS) is 11.2. The van der Waals surface area contributed by atoms with E-state index in [4.69, 9.17) is 9.52 Å². The average Bonchev–Trinajstić information content (AvgIpc) is 3.26. The van der Waals surface area contributed by atoms with Crippen molar-refractivity contribution in [1.29, 1.82) is 0 Å². The molecule has 2 aromatic heterocycles. The Bertz CT molecular complexity index is 1040. The van der Waals surface area contributed by atoms with E-state index in [2.05, 4.69) is 15.3 Å². The first kappa shape index (κ1) is 16.3. The van der Waals surface area contributed by atoms with Gasteiger partial charge in [0, 0.05) is 12.1 Å². The van der Waals surface area contributed by atoms with Crippen LogP contribution < -0.4 is 5.32 Å². The highest BCUT2D eigenvalue weighted by atomic mass is 19.1. The molecule has 0 unspecified atom stereocenters. The monoisotopic (exact) mass is 352 g/mol. The Morgan fingerprint density at radius 1 is 1.12 bits per heavy atom. The Hall–Kier alpha value is -3.19.